The molecule has 2 unspecified atom stereocenters. The second kappa shape index (κ2) is 7.25. The van der Waals surface area contributed by atoms with Gasteiger partial charge in [0.2, 0.25) is 0 Å². The van der Waals surface area contributed by atoms with Crippen molar-refractivity contribution in [1.29, 1.82) is 0 Å². The summed E-state index contributed by atoms with van der Waals surface area (Å²) >= 11 is 3.68. The summed E-state index contributed by atoms with van der Waals surface area (Å²) in [6, 6.07) is 2.14. The van der Waals surface area contributed by atoms with E-state index in [2.05, 4.69) is 72.5 Å². The highest BCUT2D eigenvalue weighted by atomic mass is 79.9. The first-order valence-electron chi connectivity index (χ1n) is 7.11. The van der Waals surface area contributed by atoms with Crippen molar-refractivity contribution < 1.29 is 4.74 Å². The van der Waals surface area contributed by atoms with Gasteiger partial charge in [0.05, 0.1) is 6.73 Å². The highest BCUT2D eigenvalue weighted by Gasteiger charge is 2.24. The summed E-state index contributed by atoms with van der Waals surface area (Å²) in [6.07, 6.45) is 2.19. The van der Waals surface area contributed by atoms with Crippen LogP contribution >= 0.6 is 15.9 Å². The van der Waals surface area contributed by atoms with Crippen LogP contribution in [-0.4, -0.2) is 56.9 Å². The summed E-state index contributed by atoms with van der Waals surface area (Å²) in [6.45, 7) is 14.3. The molecule has 0 aliphatic carbocycles. The van der Waals surface area contributed by atoms with Crippen molar-refractivity contribution >= 4 is 24.0 Å². The van der Waals surface area contributed by atoms with Crippen LogP contribution in [0.4, 0.5) is 0 Å². The van der Waals surface area contributed by atoms with Crippen LogP contribution < -0.4 is 0 Å². The van der Waals surface area contributed by atoms with Gasteiger partial charge in [0.25, 0.3) is 0 Å². The van der Waals surface area contributed by atoms with E-state index in [1.54, 1.807) is 0 Å². The van der Waals surface area contributed by atoms with Crippen molar-refractivity contribution in [3.63, 3.8) is 0 Å². The van der Waals surface area contributed by atoms with E-state index in [0.717, 1.165) is 19.9 Å². The predicted octanol–water partition coefficient (Wildman–Crippen LogP) is 3.56. The number of hydrogen-bond acceptors (Lipinski definition) is 3. The van der Waals surface area contributed by atoms with E-state index < -0.39 is 8.07 Å². The molecule has 1 rings (SSSR count). The van der Waals surface area contributed by atoms with Crippen molar-refractivity contribution in [3.05, 3.63) is 10.7 Å². The van der Waals surface area contributed by atoms with Gasteiger partial charge in [0, 0.05) is 51.0 Å². The fraction of sp³-hybridized carbons (Fsp3) is 0.857. The molecule has 1 aliphatic heterocycles. The Kier molecular flexibility index (Phi) is 6.56. The maximum absolute atomic E-state index is 5.90. The molecule has 5 heteroatoms. The lowest BCUT2D eigenvalue weighted by atomic mass is 10.2. The van der Waals surface area contributed by atoms with Crippen molar-refractivity contribution in [1.82, 2.24) is 9.80 Å². The van der Waals surface area contributed by atoms with Gasteiger partial charge in [0.1, 0.15) is 0 Å². The highest BCUT2D eigenvalue weighted by molar-refractivity contribution is 9.11. The van der Waals surface area contributed by atoms with E-state index in [0.29, 0.717) is 12.1 Å². The number of hydrogen-bond donors (Lipinski definition) is 0. The fourth-order valence-corrected chi connectivity index (χ4v) is 3.32. The molecule has 1 aliphatic rings. The molecular weight excluding hydrogens is 320 g/mol. The second-order valence-electron chi connectivity index (χ2n) is 6.82. The molecule has 0 fully saturated rings. The standard InChI is InChI=1S/C14H29BrN2OSi/c1-12-9-17(11-18-7-8-19(4,5)6)13(2)14(15)10-16(12)3/h10,12-13H,7-9,11H2,1-6H3. The Labute approximate surface area is 128 Å². The number of likely N-dealkylation sites (N-methyl/N-ethyl adjacent to an activating group) is 1. The van der Waals surface area contributed by atoms with E-state index >= 15 is 0 Å². The van der Waals surface area contributed by atoms with Crippen molar-refractivity contribution in [2.45, 2.75) is 51.6 Å². The van der Waals surface area contributed by atoms with Gasteiger partial charge >= 0.3 is 0 Å². The van der Waals surface area contributed by atoms with Crippen molar-refractivity contribution in [2.24, 2.45) is 0 Å². The van der Waals surface area contributed by atoms with E-state index in [-0.39, 0.29) is 0 Å². The molecule has 0 saturated carbocycles. The zero-order chi connectivity index (χ0) is 14.6. The largest absolute Gasteiger partial charge is 0.376 e. The molecule has 0 N–H and O–H groups in total. The lowest BCUT2D eigenvalue weighted by Gasteiger charge is -2.30. The number of ether oxygens (including phenoxy) is 1. The zero-order valence-electron chi connectivity index (χ0n) is 13.2. The van der Waals surface area contributed by atoms with Gasteiger partial charge in [-0.05, 0) is 19.9 Å². The molecule has 0 amide bonds. The first-order valence-corrected chi connectivity index (χ1v) is 11.6. The van der Waals surface area contributed by atoms with E-state index in [4.69, 9.17) is 4.74 Å². The van der Waals surface area contributed by atoms with Gasteiger partial charge < -0.3 is 9.64 Å². The Hall–Kier alpha value is 0.157. The number of halogens is 1. The van der Waals surface area contributed by atoms with Gasteiger partial charge in [-0.15, -0.1) is 0 Å². The monoisotopic (exact) mass is 348 g/mol. The molecule has 0 aromatic carbocycles. The summed E-state index contributed by atoms with van der Waals surface area (Å²) < 4.78 is 7.13. The maximum atomic E-state index is 5.90. The minimum atomic E-state index is -0.981. The average Bonchev–Trinajstić information content (AvgIpc) is 2.37. The van der Waals surface area contributed by atoms with Gasteiger partial charge in [-0.1, -0.05) is 35.6 Å². The predicted molar refractivity (Wildman–Crippen MR) is 89.4 cm³/mol. The van der Waals surface area contributed by atoms with Gasteiger partial charge in [0.15, 0.2) is 0 Å². The molecule has 112 valence electrons. The molecule has 3 nitrogen and oxygen atoms in total. The van der Waals surface area contributed by atoms with Crippen LogP contribution in [0.2, 0.25) is 25.7 Å². The van der Waals surface area contributed by atoms with E-state index in [1.165, 1.54) is 10.5 Å². The summed E-state index contributed by atoms with van der Waals surface area (Å²) in [4.78, 5) is 4.67. The topological polar surface area (TPSA) is 15.7 Å². The summed E-state index contributed by atoms with van der Waals surface area (Å²) in [5.74, 6) is 0. The molecule has 0 bridgehead atoms. The maximum Gasteiger partial charge on any atom is 0.0995 e. The normalized spacial score (nSPS) is 26.3. The Morgan fingerprint density at radius 1 is 1.37 bits per heavy atom. The van der Waals surface area contributed by atoms with Crippen LogP contribution in [0.25, 0.3) is 0 Å². The third kappa shape index (κ3) is 5.98. The number of nitrogens with zero attached hydrogens (tertiary/aromatic N) is 2. The summed E-state index contributed by atoms with van der Waals surface area (Å²) in [7, 11) is 1.15. The Balaban J connectivity index is 2.46. The fourth-order valence-electron chi connectivity index (χ4n) is 1.96. The second-order valence-corrected chi connectivity index (χ2v) is 13.4. The molecule has 0 aromatic heterocycles. The van der Waals surface area contributed by atoms with Gasteiger partial charge in [-0.25, -0.2) is 0 Å². The molecule has 0 saturated heterocycles. The summed E-state index contributed by atoms with van der Waals surface area (Å²) in [5, 5.41) is 0. The van der Waals surface area contributed by atoms with Crippen LogP contribution in [0.1, 0.15) is 13.8 Å². The number of rotatable bonds is 5. The van der Waals surface area contributed by atoms with E-state index in [9.17, 15) is 0 Å². The van der Waals surface area contributed by atoms with Crippen LogP contribution in [0.3, 0.4) is 0 Å². The van der Waals surface area contributed by atoms with Crippen molar-refractivity contribution in [3.8, 4) is 0 Å². The Morgan fingerprint density at radius 3 is 2.58 bits per heavy atom. The third-order valence-electron chi connectivity index (χ3n) is 3.72. The third-order valence-corrected chi connectivity index (χ3v) is 6.29. The summed E-state index contributed by atoms with van der Waals surface area (Å²) in [5.41, 5.74) is 0. The van der Waals surface area contributed by atoms with Crippen LogP contribution in [0.5, 0.6) is 0 Å². The zero-order valence-corrected chi connectivity index (χ0v) is 15.8. The first-order chi connectivity index (χ1) is 8.70. The van der Waals surface area contributed by atoms with Crippen molar-refractivity contribution in [2.75, 3.05) is 26.9 Å². The van der Waals surface area contributed by atoms with Crippen LogP contribution in [-0.2, 0) is 4.74 Å². The van der Waals surface area contributed by atoms with Crippen LogP contribution in [0, 0.1) is 0 Å². The van der Waals surface area contributed by atoms with Gasteiger partial charge in [-0.3, -0.25) is 4.90 Å². The SMILES string of the molecule is CC1CN(COCC[Si](C)(C)C)C(C)C(Br)=CN1C. The first kappa shape index (κ1) is 17.2. The Morgan fingerprint density at radius 2 is 2.00 bits per heavy atom. The smallest absolute Gasteiger partial charge is 0.0995 e. The highest BCUT2D eigenvalue weighted by Crippen LogP contribution is 2.22. The molecule has 19 heavy (non-hydrogen) atoms. The lowest BCUT2D eigenvalue weighted by Crippen LogP contribution is -2.41. The minimum Gasteiger partial charge on any atom is -0.376 e. The van der Waals surface area contributed by atoms with Crippen LogP contribution in [0.15, 0.2) is 10.7 Å². The van der Waals surface area contributed by atoms with Gasteiger partial charge in [-0.2, -0.15) is 0 Å². The Bertz CT molecular complexity index is 317. The lowest BCUT2D eigenvalue weighted by molar-refractivity contribution is 0.0171. The molecular formula is C14H29BrN2OSi. The average molecular weight is 349 g/mol. The molecule has 0 aromatic rings. The molecule has 0 spiro atoms. The minimum absolute atomic E-state index is 0.388. The molecule has 0 radical (unpaired) electrons. The quantitative estimate of drug-likeness (QED) is 0.558. The molecule has 1 heterocycles. The van der Waals surface area contributed by atoms with E-state index in [1.807, 2.05) is 0 Å². The molecule has 2 atom stereocenters.